The average Bonchev–Trinajstić information content (AvgIpc) is 2.17. The van der Waals surface area contributed by atoms with Gasteiger partial charge >= 0.3 is 29.6 Å². The standard InChI is InChI=1S/C4H8O2S.Na.H/c5-7(6)3-4-1-2-4;;/h4H,1-3H2,(H,5,6);;/q;+1;-1. The molecular weight excluding hydrogens is 135 g/mol. The maximum Gasteiger partial charge on any atom is 1.00 e. The zero-order chi connectivity index (χ0) is 5.28. The molecule has 1 saturated carbocycles. The van der Waals surface area contributed by atoms with Crippen molar-refractivity contribution >= 4 is 11.1 Å². The Kier molecular flexibility index (Phi) is 4.57. The van der Waals surface area contributed by atoms with Crippen LogP contribution in [0.15, 0.2) is 0 Å². The molecule has 1 N–H and O–H groups in total. The molecule has 8 heavy (non-hydrogen) atoms. The molecule has 4 heteroatoms. The van der Waals surface area contributed by atoms with E-state index < -0.39 is 11.1 Å². The van der Waals surface area contributed by atoms with Gasteiger partial charge in [-0.1, -0.05) is 0 Å². The summed E-state index contributed by atoms with van der Waals surface area (Å²) in [4.78, 5) is 0. The van der Waals surface area contributed by atoms with Gasteiger partial charge in [-0.25, -0.2) is 4.21 Å². The smallest absolute Gasteiger partial charge is 1.00 e. The van der Waals surface area contributed by atoms with E-state index in [0.29, 0.717) is 11.7 Å². The van der Waals surface area contributed by atoms with Gasteiger partial charge in [0.1, 0.15) is 0 Å². The molecule has 1 aliphatic carbocycles. The van der Waals surface area contributed by atoms with E-state index >= 15 is 0 Å². The SMILES string of the molecule is O=S(O)CC1CC1.[H-].[Na+]. The van der Waals surface area contributed by atoms with Gasteiger partial charge < -0.3 is 5.98 Å². The minimum absolute atomic E-state index is 0. The number of hydrogen-bond donors (Lipinski definition) is 1. The van der Waals surface area contributed by atoms with E-state index in [1.165, 1.54) is 0 Å². The van der Waals surface area contributed by atoms with Crippen LogP contribution in [0.25, 0.3) is 0 Å². The van der Waals surface area contributed by atoms with E-state index in [9.17, 15) is 4.21 Å². The number of rotatable bonds is 2. The third kappa shape index (κ3) is 4.04. The van der Waals surface area contributed by atoms with Gasteiger partial charge in [-0.3, -0.25) is 0 Å². The van der Waals surface area contributed by atoms with Gasteiger partial charge in [0, 0.05) is 0 Å². The third-order valence-corrected chi connectivity index (χ3v) is 1.83. The molecule has 1 unspecified atom stereocenters. The fourth-order valence-corrected chi connectivity index (χ4v) is 1.22. The Balaban J connectivity index is 0. The Labute approximate surface area is 75.1 Å². The van der Waals surface area contributed by atoms with Crippen molar-refractivity contribution < 1.29 is 39.7 Å². The van der Waals surface area contributed by atoms with Gasteiger partial charge in [-0.2, -0.15) is 0 Å². The van der Waals surface area contributed by atoms with Crippen molar-refractivity contribution in [1.82, 2.24) is 0 Å². The summed E-state index contributed by atoms with van der Waals surface area (Å²) in [5.41, 5.74) is 0. The van der Waals surface area contributed by atoms with Crippen LogP contribution in [0.4, 0.5) is 0 Å². The van der Waals surface area contributed by atoms with Gasteiger partial charge in [0.15, 0.2) is 11.1 Å². The first kappa shape index (κ1) is 9.11. The van der Waals surface area contributed by atoms with E-state index in [-0.39, 0.29) is 31.0 Å². The zero-order valence-electron chi connectivity index (χ0n) is 5.96. The van der Waals surface area contributed by atoms with E-state index in [1.807, 2.05) is 0 Å². The second-order valence-corrected chi connectivity index (χ2v) is 2.91. The first-order valence-electron chi connectivity index (χ1n) is 2.36. The minimum Gasteiger partial charge on any atom is -1.00 e. The van der Waals surface area contributed by atoms with Gasteiger partial charge in [-0.15, -0.1) is 0 Å². The largest absolute Gasteiger partial charge is 1.00 e. The molecule has 0 amide bonds. The normalized spacial score (nSPS) is 21.6. The van der Waals surface area contributed by atoms with E-state index in [1.54, 1.807) is 0 Å². The molecule has 1 aliphatic rings. The third-order valence-electron chi connectivity index (χ3n) is 1.08. The van der Waals surface area contributed by atoms with E-state index in [0.717, 1.165) is 12.8 Å². The minimum atomic E-state index is -1.53. The molecule has 2 nitrogen and oxygen atoms in total. The van der Waals surface area contributed by atoms with Crippen molar-refractivity contribution in [3.05, 3.63) is 0 Å². The Morgan fingerprint density at radius 1 is 1.75 bits per heavy atom. The van der Waals surface area contributed by atoms with Gasteiger partial charge in [0.2, 0.25) is 0 Å². The summed E-state index contributed by atoms with van der Waals surface area (Å²) in [6, 6.07) is 0. The van der Waals surface area contributed by atoms with Crippen LogP contribution in [0.3, 0.4) is 0 Å². The predicted octanol–water partition coefficient (Wildman–Crippen LogP) is -2.27. The van der Waals surface area contributed by atoms with Gasteiger partial charge in [0.05, 0.1) is 5.75 Å². The summed E-state index contributed by atoms with van der Waals surface area (Å²) in [5, 5.41) is 0. The Hall–Kier alpha value is 1.11. The van der Waals surface area contributed by atoms with Crippen molar-refractivity contribution in [2.24, 2.45) is 5.92 Å². The summed E-state index contributed by atoms with van der Waals surface area (Å²) in [5.74, 6) is 1.07. The Morgan fingerprint density at radius 3 is 2.38 bits per heavy atom. The van der Waals surface area contributed by atoms with Gasteiger partial charge in [0.25, 0.3) is 0 Å². The molecule has 0 saturated heterocycles. The predicted molar refractivity (Wildman–Crippen MR) is 29.5 cm³/mol. The van der Waals surface area contributed by atoms with Crippen LogP contribution in [0.2, 0.25) is 0 Å². The molecule has 44 valence electrons. The van der Waals surface area contributed by atoms with Crippen LogP contribution in [0, 0.1) is 5.92 Å². The maximum absolute atomic E-state index is 9.96. The van der Waals surface area contributed by atoms with E-state index in [2.05, 4.69) is 0 Å². The Bertz CT molecular complexity index is 96.6. The topological polar surface area (TPSA) is 37.3 Å². The van der Waals surface area contributed by atoms with Crippen LogP contribution in [-0.4, -0.2) is 14.5 Å². The summed E-state index contributed by atoms with van der Waals surface area (Å²) in [6.45, 7) is 0. The van der Waals surface area contributed by atoms with Crippen LogP contribution >= 0.6 is 0 Å². The molecule has 0 radical (unpaired) electrons. The summed E-state index contributed by atoms with van der Waals surface area (Å²) < 4.78 is 18.2. The van der Waals surface area contributed by atoms with E-state index in [4.69, 9.17) is 4.55 Å². The van der Waals surface area contributed by atoms with Crippen molar-refractivity contribution in [2.45, 2.75) is 12.8 Å². The van der Waals surface area contributed by atoms with Crippen molar-refractivity contribution in [2.75, 3.05) is 5.75 Å². The summed E-state index contributed by atoms with van der Waals surface area (Å²) in [6.07, 6.45) is 2.32. The zero-order valence-corrected chi connectivity index (χ0v) is 7.78. The molecule has 0 spiro atoms. The van der Waals surface area contributed by atoms with Crippen molar-refractivity contribution in [1.29, 1.82) is 0 Å². The first-order chi connectivity index (χ1) is 3.29. The fourth-order valence-electron chi connectivity index (χ4n) is 0.486. The molecule has 0 aliphatic heterocycles. The molecule has 1 atom stereocenters. The van der Waals surface area contributed by atoms with Crippen LogP contribution in [-0.2, 0) is 11.1 Å². The number of hydrogen-bond acceptors (Lipinski definition) is 1. The summed E-state index contributed by atoms with van der Waals surface area (Å²) in [7, 11) is 0. The van der Waals surface area contributed by atoms with Crippen LogP contribution in [0.5, 0.6) is 0 Å². The average molecular weight is 144 g/mol. The van der Waals surface area contributed by atoms with Crippen LogP contribution < -0.4 is 29.6 Å². The fraction of sp³-hybridized carbons (Fsp3) is 1.00. The Morgan fingerprint density at radius 2 is 2.25 bits per heavy atom. The second kappa shape index (κ2) is 4.01. The maximum atomic E-state index is 9.96. The van der Waals surface area contributed by atoms with Crippen LogP contribution in [0.1, 0.15) is 14.3 Å². The monoisotopic (exact) mass is 144 g/mol. The van der Waals surface area contributed by atoms with Crippen molar-refractivity contribution in [3.63, 3.8) is 0 Å². The second-order valence-electron chi connectivity index (χ2n) is 1.93. The molecule has 0 aromatic rings. The molecular formula is C4H9NaO2S. The van der Waals surface area contributed by atoms with Gasteiger partial charge in [-0.05, 0) is 18.8 Å². The molecule has 1 rings (SSSR count). The summed E-state index contributed by atoms with van der Waals surface area (Å²) >= 11 is -1.53. The molecule has 0 heterocycles. The first-order valence-corrected chi connectivity index (χ1v) is 3.64. The quantitative estimate of drug-likeness (QED) is 0.351. The molecule has 0 aromatic heterocycles. The van der Waals surface area contributed by atoms with Crippen molar-refractivity contribution in [3.8, 4) is 0 Å². The molecule has 1 fully saturated rings. The molecule has 0 bridgehead atoms. The molecule has 0 aromatic carbocycles.